The molecule has 0 spiro atoms. The number of sulfonamides is 1. The van der Waals surface area contributed by atoms with Crippen molar-refractivity contribution in [2.24, 2.45) is 0 Å². The van der Waals surface area contributed by atoms with Crippen molar-refractivity contribution in [1.82, 2.24) is 9.62 Å². The van der Waals surface area contributed by atoms with Crippen LogP contribution in [0.1, 0.15) is 23.1 Å². The Morgan fingerprint density at radius 2 is 1.82 bits per heavy atom. The Bertz CT molecular complexity index is 880. The van der Waals surface area contributed by atoms with Crippen LogP contribution in [-0.4, -0.2) is 45.1 Å². The van der Waals surface area contributed by atoms with Crippen LogP contribution in [0.25, 0.3) is 0 Å². The van der Waals surface area contributed by atoms with E-state index in [0.717, 1.165) is 41.5 Å². The first kappa shape index (κ1) is 21.9. The summed E-state index contributed by atoms with van der Waals surface area (Å²) in [5.74, 6) is 0.504. The van der Waals surface area contributed by atoms with Gasteiger partial charge in [0.25, 0.3) is 0 Å². The topological polar surface area (TPSA) is 75.7 Å². The van der Waals surface area contributed by atoms with E-state index in [4.69, 9.17) is 4.74 Å². The first-order valence-corrected chi connectivity index (χ1v) is 11.0. The van der Waals surface area contributed by atoms with E-state index in [1.165, 1.54) is 4.31 Å². The molecule has 1 N–H and O–H groups in total. The number of carbonyl (C=O) groups excluding carboxylic acids is 1. The van der Waals surface area contributed by atoms with E-state index in [-0.39, 0.29) is 19.0 Å². The molecule has 6 nitrogen and oxygen atoms in total. The van der Waals surface area contributed by atoms with Crippen LogP contribution in [0.15, 0.2) is 48.5 Å². The van der Waals surface area contributed by atoms with Gasteiger partial charge in [-0.05, 0) is 43.0 Å². The molecule has 0 aliphatic rings. The van der Waals surface area contributed by atoms with Gasteiger partial charge < -0.3 is 10.1 Å². The van der Waals surface area contributed by atoms with Gasteiger partial charge in [0.1, 0.15) is 5.75 Å². The zero-order valence-corrected chi connectivity index (χ0v) is 17.5. The van der Waals surface area contributed by atoms with E-state index in [2.05, 4.69) is 5.32 Å². The minimum absolute atomic E-state index is 0.177. The highest BCUT2D eigenvalue weighted by atomic mass is 32.2. The van der Waals surface area contributed by atoms with Gasteiger partial charge in [0, 0.05) is 13.1 Å². The number of benzene rings is 2. The number of nitrogens with one attached hydrogen (secondary N) is 1. The molecule has 2 aromatic carbocycles. The maximum absolute atomic E-state index is 12.2. The van der Waals surface area contributed by atoms with Crippen molar-refractivity contribution in [2.75, 3.05) is 26.5 Å². The molecule has 0 saturated heterocycles. The third-order valence-corrected chi connectivity index (χ3v) is 5.56. The number of amides is 1. The number of ether oxygens (including phenoxy) is 1. The van der Waals surface area contributed by atoms with Crippen molar-refractivity contribution in [1.29, 1.82) is 0 Å². The van der Waals surface area contributed by atoms with Crippen LogP contribution in [0.3, 0.4) is 0 Å². The molecule has 0 aromatic heterocycles. The largest absolute Gasteiger partial charge is 0.497 e. The second-order valence-electron chi connectivity index (χ2n) is 6.82. The minimum Gasteiger partial charge on any atom is -0.497 e. The number of methoxy groups -OCH3 is 1. The molecular weight excluding hydrogens is 376 g/mol. The third kappa shape index (κ3) is 7.32. The molecule has 2 rings (SSSR count). The summed E-state index contributed by atoms with van der Waals surface area (Å²) in [6, 6.07) is 15.4. The molecule has 0 fully saturated rings. The van der Waals surface area contributed by atoms with Crippen LogP contribution in [0.2, 0.25) is 0 Å². The molecule has 0 unspecified atom stereocenters. The Labute approximate surface area is 167 Å². The molecule has 0 radical (unpaired) electrons. The van der Waals surface area contributed by atoms with Crippen molar-refractivity contribution in [3.05, 3.63) is 65.2 Å². The lowest BCUT2D eigenvalue weighted by Gasteiger charge is -2.19. The number of aryl methyl sites for hydroxylation is 2. The molecule has 28 heavy (non-hydrogen) atoms. The molecule has 152 valence electrons. The zero-order valence-electron chi connectivity index (χ0n) is 16.6. The number of hydrogen-bond donors (Lipinski definition) is 1. The third-order valence-electron chi connectivity index (χ3n) is 4.37. The average molecular weight is 405 g/mol. The minimum atomic E-state index is -3.49. The highest BCUT2D eigenvalue weighted by Gasteiger charge is 2.20. The van der Waals surface area contributed by atoms with Crippen LogP contribution in [-0.2, 0) is 27.8 Å². The van der Waals surface area contributed by atoms with E-state index in [1.54, 1.807) is 7.11 Å². The van der Waals surface area contributed by atoms with Gasteiger partial charge in [-0.1, -0.05) is 42.0 Å². The van der Waals surface area contributed by atoms with Crippen molar-refractivity contribution >= 4 is 15.9 Å². The summed E-state index contributed by atoms with van der Waals surface area (Å²) >= 11 is 0. The predicted molar refractivity (Wildman–Crippen MR) is 111 cm³/mol. The molecule has 0 atom stereocenters. The molecular formula is C21H28N2O4S. The van der Waals surface area contributed by atoms with Gasteiger partial charge in [0.2, 0.25) is 15.9 Å². The Morgan fingerprint density at radius 3 is 2.46 bits per heavy atom. The summed E-state index contributed by atoms with van der Waals surface area (Å²) < 4.78 is 30.5. The van der Waals surface area contributed by atoms with E-state index in [1.807, 2.05) is 55.5 Å². The van der Waals surface area contributed by atoms with Crippen LogP contribution in [0.4, 0.5) is 0 Å². The van der Waals surface area contributed by atoms with Gasteiger partial charge in [-0.2, -0.15) is 4.31 Å². The van der Waals surface area contributed by atoms with Crippen molar-refractivity contribution in [2.45, 2.75) is 26.3 Å². The lowest BCUT2D eigenvalue weighted by atomic mass is 10.1. The Morgan fingerprint density at radius 1 is 1.11 bits per heavy atom. The van der Waals surface area contributed by atoms with Crippen molar-refractivity contribution in [3.8, 4) is 5.75 Å². The predicted octanol–water partition coefficient (Wildman–Crippen LogP) is 2.51. The lowest BCUT2D eigenvalue weighted by molar-refractivity contribution is -0.121. The molecule has 7 heteroatoms. The molecule has 0 aliphatic heterocycles. The van der Waals surface area contributed by atoms with Crippen LogP contribution in [0, 0.1) is 6.92 Å². The summed E-state index contributed by atoms with van der Waals surface area (Å²) in [6.45, 7) is 2.44. The smallest absolute Gasteiger partial charge is 0.235 e. The summed E-state index contributed by atoms with van der Waals surface area (Å²) in [5.41, 5.74) is 3.08. The quantitative estimate of drug-likeness (QED) is 0.618. The molecule has 0 saturated carbocycles. The number of hydrogen-bond acceptors (Lipinski definition) is 4. The fourth-order valence-corrected chi connectivity index (χ4v) is 3.49. The summed E-state index contributed by atoms with van der Waals surface area (Å²) in [6.07, 6.45) is 2.68. The monoisotopic (exact) mass is 404 g/mol. The normalized spacial score (nSPS) is 11.4. The summed E-state index contributed by atoms with van der Waals surface area (Å²) in [4.78, 5) is 12.2. The average Bonchev–Trinajstić information content (AvgIpc) is 2.66. The fraction of sp³-hybridized carbons (Fsp3) is 0.381. The molecule has 0 aliphatic carbocycles. The SMILES string of the molecule is COc1cccc(CCCNC(=O)CN(Cc2ccc(C)cc2)S(C)(=O)=O)c1. The van der Waals surface area contributed by atoms with Gasteiger partial charge in [0.05, 0.1) is 19.9 Å². The van der Waals surface area contributed by atoms with Crippen LogP contribution in [0.5, 0.6) is 5.75 Å². The Hall–Kier alpha value is -2.38. The number of carbonyl (C=O) groups is 1. The number of rotatable bonds is 10. The maximum Gasteiger partial charge on any atom is 0.235 e. The maximum atomic E-state index is 12.2. The van der Waals surface area contributed by atoms with Crippen molar-refractivity contribution in [3.63, 3.8) is 0 Å². The van der Waals surface area contributed by atoms with Gasteiger partial charge in [-0.25, -0.2) is 8.42 Å². The zero-order chi connectivity index (χ0) is 20.6. The van der Waals surface area contributed by atoms with Gasteiger partial charge in [-0.3, -0.25) is 4.79 Å². The van der Waals surface area contributed by atoms with Gasteiger partial charge in [0.15, 0.2) is 0 Å². The second kappa shape index (κ2) is 10.2. The Balaban J connectivity index is 1.83. The molecule has 0 heterocycles. The van der Waals surface area contributed by atoms with E-state index in [0.29, 0.717) is 6.54 Å². The number of nitrogens with zero attached hydrogens (tertiary/aromatic N) is 1. The fourth-order valence-electron chi connectivity index (χ4n) is 2.75. The summed E-state index contributed by atoms with van der Waals surface area (Å²) in [5, 5.41) is 2.80. The molecule has 1 amide bonds. The van der Waals surface area contributed by atoms with E-state index in [9.17, 15) is 13.2 Å². The first-order chi connectivity index (χ1) is 13.3. The molecule has 0 bridgehead atoms. The molecule has 2 aromatic rings. The highest BCUT2D eigenvalue weighted by Crippen LogP contribution is 2.14. The van der Waals surface area contributed by atoms with Crippen molar-refractivity contribution < 1.29 is 17.9 Å². The van der Waals surface area contributed by atoms with Crippen LogP contribution < -0.4 is 10.1 Å². The van der Waals surface area contributed by atoms with E-state index >= 15 is 0 Å². The standard InChI is InChI=1S/C21H28N2O4S/c1-17-9-11-19(12-10-17)15-23(28(3,25)26)16-21(24)22-13-5-7-18-6-4-8-20(14-18)27-2/h4,6,8-12,14H,5,7,13,15-16H2,1-3H3,(H,22,24). The Kier molecular flexibility index (Phi) is 8.02. The second-order valence-corrected chi connectivity index (χ2v) is 8.80. The van der Waals surface area contributed by atoms with Gasteiger partial charge in [-0.15, -0.1) is 0 Å². The summed E-state index contributed by atoms with van der Waals surface area (Å²) in [7, 11) is -1.86. The van der Waals surface area contributed by atoms with E-state index < -0.39 is 10.0 Å². The first-order valence-electron chi connectivity index (χ1n) is 9.18. The van der Waals surface area contributed by atoms with Crippen LogP contribution >= 0.6 is 0 Å². The highest BCUT2D eigenvalue weighted by molar-refractivity contribution is 7.88. The van der Waals surface area contributed by atoms with Gasteiger partial charge >= 0.3 is 0 Å². The lowest BCUT2D eigenvalue weighted by Crippen LogP contribution is -2.40.